The number of aromatic nitrogens is 1. The molecule has 0 aliphatic carbocycles. The van der Waals surface area contributed by atoms with E-state index in [9.17, 15) is 0 Å². The maximum Gasteiger partial charge on any atom is 0.180 e. The van der Waals surface area contributed by atoms with E-state index in [0.717, 1.165) is 5.69 Å². The van der Waals surface area contributed by atoms with Gasteiger partial charge in [-0.05, 0) is 68.1 Å². The van der Waals surface area contributed by atoms with Crippen molar-refractivity contribution in [2.24, 2.45) is 0 Å². The second-order valence-corrected chi connectivity index (χ2v) is 20.1. The molecule has 1 aliphatic rings. The molecule has 3 heteroatoms. The summed E-state index contributed by atoms with van der Waals surface area (Å²) in [5.74, 6) is 0. The van der Waals surface area contributed by atoms with Gasteiger partial charge in [0.25, 0.3) is 0 Å². The zero-order valence-corrected chi connectivity index (χ0v) is 24.3. The molecule has 0 unspecified atom stereocenters. The van der Waals surface area contributed by atoms with Gasteiger partial charge in [0.15, 0.2) is 8.07 Å². The number of fused-ring (bicyclic) bond motifs is 3. The van der Waals surface area contributed by atoms with Crippen molar-refractivity contribution < 1.29 is 0 Å². The number of hydrogen-bond acceptors (Lipinski definition) is 1. The second-order valence-electron chi connectivity index (χ2n) is 11.3. The molecule has 0 N–H and O–H groups in total. The predicted molar refractivity (Wildman–Crippen MR) is 165 cm³/mol. The molecule has 0 saturated carbocycles. The summed E-state index contributed by atoms with van der Waals surface area (Å²) in [6.45, 7) is 11.7. The van der Waals surface area contributed by atoms with E-state index in [4.69, 9.17) is 4.98 Å². The van der Waals surface area contributed by atoms with Crippen molar-refractivity contribution in [1.82, 2.24) is 4.98 Å². The van der Waals surface area contributed by atoms with Crippen LogP contribution < -0.4 is 25.9 Å². The van der Waals surface area contributed by atoms with Crippen molar-refractivity contribution in [3.63, 3.8) is 0 Å². The highest BCUT2D eigenvalue weighted by atomic mass is 28.3. The Morgan fingerprint density at radius 1 is 0.595 bits per heavy atom. The van der Waals surface area contributed by atoms with Gasteiger partial charge in [-0.3, -0.25) is 4.98 Å². The molecular formula is C34H33NSi2. The molecule has 182 valence electrons. The third kappa shape index (κ3) is 3.60. The predicted octanol–water partition coefficient (Wildman–Crippen LogP) is 5.27. The van der Waals surface area contributed by atoms with Crippen LogP contribution in [0.1, 0.15) is 11.1 Å². The maximum atomic E-state index is 5.06. The van der Waals surface area contributed by atoms with Crippen LogP contribution in [0.15, 0.2) is 109 Å². The first-order valence-electron chi connectivity index (χ1n) is 13.2. The molecule has 37 heavy (non-hydrogen) atoms. The Morgan fingerprint density at radius 3 is 1.78 bits per heavy atom. The molecule has 0 spiro atoms. The summed E-state index contributed by atoms with van der Waals surface area (Å²) < 4.78 is 0. The molecule has 0 radical (unpaired) electrons. The molecule has 6 rings (SSSR count). The number of pyridine rings is 1. The standard InChI is InChI=1S/C34H33NSi2/c1-24-25(2)34(35-23-33(24)36(3,4)5)26-20-21-32-30(22-26)29-18-12-13-19-31(29)37(32,27-14-8-6-9-15-27)28-16-10-7-11-17-28/h6-23H,1-5H3. The molecule has 4 aromatic carbocycles. The van der Waals surface area contributed by atoms with Gasteiger partial charge in [-0.2, -0.15) is 0 Å². The van der Waals surface area contributed by atoms with Gasteiger partial charge in [-0.15, -0.1) is 0 Å². The number of hydrogen-bond donors (Lipinski definition) is 0. The van der Waals surface area contributed by atoms with Gasteiger partial charge in [-0.25, -0.2) is 0 Å². The van der Waals surface area contributed by atoms with E-state index in [2.05, 4.69) is 143 Å². The van der Waals surface area contributed by atoms with E-state index < -0.39 is 16.1 Å². The molecule has 1 aromatic heterocycles. The third-order valence-electron chi connectivity index (χ3n) is 8.18. The van der Waals surface area contributed by atoms with E-state index in [-0.39, 0.29) is 0 Å². The second kappa shape index (κ2) is 8.79. The lowest BCUT2D eigenvalue weighted by Crippen LogP contribution is -2.72. The summed E-state index contributed by atoms with van der Waals surface area (Å²) in [4.78, 5) is 5.06. The Morgan fingerprint density at radius 2 is 1.16 bits per heavy atom. The monoisotopic (exact) mass is 511 g/mol. The minimum absolute atomic E-state index is 1.11. The quantitative estimate of drug-likeness (QED) is 0.294. The Kier molecular flexibility index (Phi) is 5.66. The SMILES string of the molecule is Cc1c([Si](C)(C)C)cnc(-c2ccc3c(c2)-c2ccccc2[Si]3(c2ccccc2)c2ccccc2)c1C. The van der Waals surface area contributed by atoms with Crippen molar-refractivity contribution in [1.29, 1.82) is 0 Å². The average Bonchev–Trinajstić information content (AvgIpc) is 3.21. The van der Waals surface area contributed by atoms with Crippen LogP contribution in [0.5, 0.6) is 0 Å². The van der Waals surface area contributed by atoms with Crippen LogP contribution in [-0.4, -0.2) is 21.1 Å². The molecule has 1 nitrogen and oxygen atoms in total. The Balaban J connectivity index is 1.63. The number of nitrogens with zero attached hydrogens (tertiary/aromatic N) is 1. The first-order valence-corrected chi connectivity index (χ1v) is 18.7. The first kappa shape index (κ1) is 23.8. The highest BCUT2D eigenvalue weighted by molar-refractivity contribution is 7.22. The molecule has 2 heterocycles. The van der Waals surface area contributed by atoms with Gasteiger partial charge in [0.1, 0.15) is 0 Å². The van der Waals surface area contributed by atoms with Gasteiger partial charge in [-0.1, -0.05) is 117 Å². The lowest BCUT2D eigenvalue weighted by Gasteiger charge is -2.31. The number of rotatable bonds is 4. The van der Waals surface area contributed by atoms with Crippen LogP contribution in [0.25, 0.3) is 22.4 Å². The smallest absolute Gasteiger partial charge is 0.180 e. The van der Waals surface area contributed by atoms with Crippen molar-refractivity contribution in [2.75, 3.05) is 0 Å². The van der Waals surface area contributed by atoms with Gasteiger partial charge in [0, 0.05) is 11.8 Å². The van der Waals surface area contributed by atoms with Crippen molar-refractivity contribution in [2.45, 2.75) is 33.5 Å². The van der Waals surface area contributed by atoms with Crippen LogP contribution in [0.2, 0.25) is 19.6 Å². The largest absolute Gasteiger partial charge is 0.256 e. The van der Waals surface area contributed by atoms with E-state index in [0.29, 0.717) is 0 Å². The minimum Gasteiger partial charge on any atom is -0.256 e. The van der Waals surface area contributed by atoms with Crippen LogP contribution in [0.4, 0.5) is 0 Å². The molecule has 0 bridgehead atoms. The minimum atomic E-state index is -2.42. The fourth-order valence-electron chi connectivity index (χ4n) is 6.35. The van der Waals surface area contributed by atoms with Crippen LogP contribution in [-0.2, 0) is 0 Å². The van der Waals surface area contributed by atoms with Gasteiger partial charge in [0.2, 0.25) is 0 Å². The molecular weight excluding hydrogens is 479 g/mol. The maximum absolute atomic E-state index is 5.06. The molecule has 0 atom stereocenters. The van der Waals surface area contributed by atoms with Crippen molar-refractivity contribution in [3.05, 3.63) is 120 Å². The molecule has 0 saturated heterocycles. The third-order valence-corrected chi connectivity index (χ3v) is 15.2. The van der Waals surface area contributed by atoms with Gasteiger partial charge >= 0.3 is 0 Å². The fraction of sp³-hybridized carbons (Fsp3) is 0.147. The highest BCUT2D eigenvalue weighted by Gasteiger charge is 2.48. The highest BCUT2D eigenvalue weighted by Crippen LogP contribution is 2.33. The summed E-state index contributed by atoms with van der Waals surface area (Å²) in [7, 11) is -3.87. The van der Waals surface area contributed by atoms with E-state index in [1.807, 2.05) is 0 Å². The van der Waals surface area contributed by atoms with Crippen LogP contribution >= 0.6 is 0 Å². The summed E-state index contributed by atoms with van der Waals surface area (Å²) >= 11 is 0. The zero-order chi connectivity index (χ0) is 25.8. The normalized spacial score (nSPS) is 13.8. The van der Waals surface area contributed by atoms with E-state index in [1.165, 1.54) is 53.8 Å². The fourth-order valence-corrected chi connectivity index (χ4v) is 13.3. The van der Waals surface area contributed by atoms with Crippen LogP contribution in [0.3, 0.4) is 0 Å². The molecule has 0 amide bonds. The van der Waals surface area contributed by atoms with Crippen molar-refractivity contribution in [3.8, 4) is 22.4 Å². The summed E-state index contributed by atoms with van der Waals surface area (Å²) in [6, 6.07) is 38.6. The van der Waals surface area contributed by atoms with E-state index in [1.54, 1.807) is 0 Å². The number of benzene rings is 4. The first-order chi connectivity index (χ1) is 17.8. The molecule has 1 aliphatic heterocycles. The van der Waals surface area contributed by atoms with Gasteiger partial charge in [0.05, 0.1) is 13.8 Å². The van der Waals surface area contributed by atoms with Gasteiger partial charge < -0.3 is 0 Å². The van der Waals surface area contributed by atoms with E-state index >= 15 is 0 Å². The molecule has 0 fully saturated rings. The lowest BCUT2D eigenvalue weighted by molar-refractivity contribution is 1.23. The topological polar surface area (TPSA) is 12.9 Å². The Labute approximate surface area is 222 Å². The van der Waals surface area contributed by atoms with Crippen LogP contribution in [0, 0.1) is 13.8 Å². The summed E-state index contributed by atoms with van der Waals surface area (Å²) in [5.41, 5.74) is 7.76. The Hall–Kier alpha value is -3.54. The average molecular weight is 512 g/mol. The lowest BCUT2D eigenvalue weighted by atomic mass is 9.98. The van der Waals surface area contributed by atoms with Crippen molar-refractivity contribution >= 4 is 42.1 Å². The molecule has 5 aromatic rings. The zero-order valence-electron chi connectivity index (χ0n) is 22.3. The Bertz CT molecular complexity index is 1580. The summed E-state index contributed by atoms with van der Waals surface area (Å²) in [6.07, 6.45) is 2.15. The summed E-state index contributed by atoms with van der Waals surface area (Å²) in [5, 5.41) is 7.28.